The normalized spacial score (nSPS) is 19.2. The first kappa shape index (κ1) is 21.1. The van der Waals surface area contributed by atoms with Crippen molar-refractivity contribution < 1.29 is 9.53 Å². The summed E-state index contributed by atoms with van der Waals surface area (Å²) in [5.41, 5.74) is 4.12. The molecule has 0 spiro atoms. The summed E-state index contributed by atoms with van der Waals surface area (Å²) in [5.74, 6) is 1.54. The number of hydrogen-bond donors (Lipinski definition) is 1. The number of ether oxygens (including phenoxy) is 1. The largest absolute Gasteiger partial charge is 0.484 e. The van der Waals surface area contributed by atoms with Crippen LogP contribution in [0.15, 0.2) is 82.3 Å². The van der Waals surface area contributed by atoms with Crippen LogP contribution < -0.4 is 10.1 Å². The number of para-hydroxylation sites is 1. The highest BCUT2D eigenvalue weighted by atomic mass is 16.5. The summed E-state index contributed by atoms with van der Waals surface area (Å²) in [7, 11) is 0. The van der Waals surface area contributed by atoms with Gasteiger partial charge in [0.15, 0.2) is 6.61 Å². The van der Waals surface area contributed by atoms with Crippen molar-refractivity contribution in [2.75, 3.05) is 39.3 Å². The zero-order chi connectivity index (χ0) is 21.6. The summed E-state index contributed by atoms with van der Waals surface area (Å²) >= 11 is 0. The van der Waals surface area contributed by atoms with Crippen LogP contribution in [0, 0.1) is 0 Å². The van der Waals surface area contributed by atoms with Crippen molar-refractivity contribution in [1.82, 2.24) is 15.1 Å². The Labute approximate surface area is 184 Å². The van der Waals surface area contributed by atoms with E-state index >= 15 is 0 Å². The van der Waals surface area contributed by atoms with Gasteiger partial charge < -0.3 is 19.9 Å². The van der Waals surface area contributed by atoms with Crippen LogP contribution in [0.4, 0.5) is 0 Å². The maximum atomic E-state index is 12.4. The van der Waals surface area contributed by atoms with Gasteiger partial charge in [-0.2, -0.15) is 0 Å². The summed E-state index contributed by atoms with van der Waals surface area (Å²) in [6.45, 7) is 9.56. The molecule has 0 aromatic heterocycles. The quantitative estimate of drug-likeness (QED) is 0.770. The molecule has 2 aliphatic heterocycles. The molecule has 31 heavy (non-hydrogen) atoms. The molecule has 1 N–H and O–H groups in total. The molecule has 6 nitrogen and oxygen atoms in total. The topological polar surface area (TPSA) is 57.2 Å². The maximum absolute atomic E-state index is 12.4. The summed E-state index contributed by atoms with van der Waals surface area (Å²) in [6, 6.07) is 9.35. The highest BCUT2D eigenvalue weighted by Crippen LogP contribution is 2.25. The highest BCUT2D eigenvalue weighted by molar-refractivity contribution is 5.99. The van der Waals surface area contributed by atoms with Crippen LogP contribution in [-0.2, 0) is 4.79 Å². The number of amides is 1. The van der Waals surface area contributed by atoms with Gasteiger partial charge >= 0.3 is 0 Å². The number of aliphatic imine (C=N–C) groups is 1. The number of carbonyl (C=O) groups excluding carboxylic acids is 1. The fourth-order valence-corrected chi connectivity index (χ4v) is 3.92. The van der Waals surface area contributed by atoms with Crippen molar-refractivity contribution in [1.29, 1.82) is 0 Å². The Morgan fingerprint density at radius 1 is 1.10 bits per heavy atom. The summed E-state index contributed by atoms with van der Waals surface area (Å²) in [5, 5.41) is 2.95. The van der Waals surface area contributed by atoms with E-state index in [1.807, 2.05) is 48.6 Å². The molecule has 0 radical (unpaired) electrons. The summed E-state index contributed by atoms with van der Waals surface area (Å²) in [6.07, 6.45) is 8.92. The minimum absolute atomic E-state index is 0.0258. The lowest BCUT2D eigenvalue weighted by Gasteiger charge is -2.35. The monoisotopic (exact) mass is 418 g/mol. The molecule has 2 bridgehead atoms. The fraction of sp³-hybridized carbons (Fsp3) is 0.360. The van der Waals surface area contributed by atoms with Crippen molar-refractivity contribution >= 4 is 11.6 Å². The van der Waals surface area contributed by atoms with Crippen molar-refractivity contribution in [3.05, 3.63) is 77.3 Å². The molecule has 1 aliphatic carbocycles. The first-order chi connectivity index (χ1) is 15.1. The average molecular weight is 419 g/mol. The van der Waals surface area contributed by atoms with E-state index in [-0.39, 0.29) is 12.5 Å². The Morgan fingerprint density at radius 2 is 1.87 bits per heavy atom. The van der Waals surface area contributed by atoms with Gasteiger partial charge in [0.25, 0.3) is 5.91 Å². The van der Waals surface area contributed by atoms with Crippen molar-refractivity contribution in [2.24, 2.45) is 4.99 Å². The standard InChI is InChI=1S/C25H30N4O2/c1-3-28-11-13-29(14-12-28)24-15-19(2)20-16-21(26-24)9-10-22(17-20)27-25(30)18-31-23-7-5-4-6-8-23/h4-10,15,17H,3,11-14,16,18H2,1-2H3,(H,27,30). The second-order valence-electron chi connectivity index (χ2n) is 7.99. The van der Waals surface area contributed by atoms with Gasteiger partial charge in [0.1, 0.15) is 11.6 Å². The number of piperazine rings is 1. The molecule has 1 aromatic carbocycles. The van der Waals surface area contributed by atoms with Gasteiger partial charge in [0.05, 0.1) is 0 Å². The number of rotatable bonds is 6. The third-order valence-corrected chi connectivity index (χ3v) is 5.81. The van der Waals surface area contributed by atoms with Crippen LogP contribution >= 0.6 is 0 Å². The zero-order valence-electron chi connectivity index (χ0n) is 18.3. The molecule has 0 saturated carbocycles. The first-order valence-corrected chi connectivity index (χ1v) is 10.9. The highest BCUT2D eigenvalue weighted by Gasteiger charge is 2.21. The fourth-order valence-electron chi connectivity index (χ4n) is 3.92. The Morgan fingerprint density at radius 3 is 2.61 bits per heavy atom. The summed E-state index contributed by atoms with van der Waals surface area (Å²) < 4.78 is 5.55. The Kier molecular flexibility index (Phi) is 6.67. The molecule has 1 amide bonds. The van der Waals surface area contributed by atoms with E-state index < -0.39 is 0 Å². The molecule has 162 valence electrons. The molecular formula is C25H30N4O2. The first-order valence-electron chi connectivity index (χ1n) is 10.9. The number of benzene rings is 1. The van der Waals surface area contributed by atoms with Gasteiger partial charge in [0, 0.05) is 44.0 Å². The lowest BCUT2D eigenvalue weighted by atomic mass is 10.0. The van der Waals surface area contributed by atoms with Gasteiger partial charge in [-0.3, -0.25) is 4.79 Å². The number of carbonyl (C=O) groups is 1. The number of nitrogens with one attached hydrogen (secondary N) is 1. The van der Waals surface area contributed by atoms with E-state index in [2.05, 4.69) is 35.0 Å². The molecule has 4 rings (SSSR count). The van der Waals surface area contributed by atoms with E-state index in [1.165, 1.54) is 11.1 Å². The molecule has 0 unspecified atom stereocenters. The maximum Gasteiger partial charge on any atom is 0.262 e. The van der Waals surface area contributed by atoms with E-state index in [9.17, 15) is 4.79 Å². The summed E-state index contributed by atoms with van der Waals surface area (Å²) in [4.78, 5) is 22.2. The predicted octanol–water partition coefficient (Wildman–Crippen LogP) is 3.28. The van der Waals surface area contributed by atoms with Crippen LogP contribution in [0.2, 0.25) is 0 Å². The molecule has 0 atom stereocenters. The number of hydrogen-bond acceptors (Lipinski definition) is 5. The van der Waals surface area contributed by atoms with E-state index in [0.717, 1.165) is 56.4 Å². The van der Waals surface area contributed by atoms with Crippen LogP contribution in [0.5, 0.6) is 5.75 Å². The smallest absolute Gasteiger partial charge is 0.262 e. The average Bonchev–Trinajstić information content (AvgIpc) is 3.09. The number of nitrogens with zero attached hydrogens (tertiary/aromatic N) is 3. The van der Waals surface area contributed by atoms with E-state index in [4.69, 9.17) is 9.73 Å². The van der Waals surface area contributed by atoms with Crippen molar-refractivity contribution in [3.63, 3.8) is 0 Å². The third kappa shape index (κ3) is 5.52. The lowest BCUT2D eigenvalue weighted by Crippen LogP contribution is -2.45. The van der Waals surface area contributed by atoms with Crippen molar-refractivity contribution in [2.45, 2.75) is 20.3 Å². The van der Waals surface area contributed by atoms with Gasteiger partial charge in [-0.15, -0.1) is 0 Å². The molecule has 1 fully saturated rings. The predicted molar refractivity (Wildman–Crippen MR) is 124 cm³/mol. The van der Waals surface area contributed by atoms with E-state index in [1.54, 1.807) is 0 Å². The Balaban J connectivity index is 1.44. The van der Waals surface area contributed by atoms with Crippen LogP contribution in [0.3, 0.4) is 0 Å². The van der Waals surface area contributed by atoms with Gasteiger partial charge in [-0.1, -0.05) is 25.1 Å². The van der Waals surface area contributed by atoms with Crippen molar-refractivity contribution in [3.8, 4) is 5.75 Å². The Hall–Kier alpha value is -3.12. The molecule has 2 heterocycles. The van der Waals surface area contributed by atoms with Crippen LogP contribution in [0.25, 0.3) is 0 Å². The minimum Gasteiger partial charge on any atom is -0.484 e. The van der Waals surface area contributed by atoms with Gasteiger partial charge in [0.2, 0.25) is 0 Å². The zero-order valence-corrected chi connectivity index (χ0v) is 18.3. The molecule has 1 saturated heterocycles. The molecular weight excluding hydrogens is 388 g/mol. The lowest BCUT2D eigenvalue weighted by molar-refractivity contribution is -0.122. The van der Waals surface area contributed by atoms with Crippen LogP contribution in [-0.4, -0.2) is 60.7 Å². The van der Waals surface area contributed by atoms with Gasteiger partial charge in [-0.05, 0) is 61.1 Å². The van der Waals surface area contributed by atoms with Crippen LogP contribution in [0.1, 0.15) is 20.3 Å². The molecule has 3 aliphatic rings. The Bertz CT molecular complexity index is 964. The van der Waals surface area contributed by atoms with Gasteiger partial charge in [-0.25, -0.2) is 4.99 Å². The number of likely N-dealkylation sites (N-methyl/N-ethyl adjacent to an activating group) is 1. The molecule has 1 aromatic rings. The SMILES string of the molecule is CCN1CCN(C2=CC(C)=C3C=C(NC(=O)COc4ccccc4)C=CC(=N2)C3)CC1. The third-order valence-electron chi connectivity index (χ3n) is 5.81. The second-order valence-corrected chi connectivity index (χ2v) is 7.99. The number of fused-ring (bicyclic) bond motifs is 2. The van der Waals surface area contributed by atoms with E-state index in [0.29, 0.717) is 5.75 Å². The second kappa shape index (κ2) is 9.79. The molecule has 6 heteroatoms. The number of allylic oxidation sites excluding steroid dienone is 6. The minimum atomic E-state index is -0.181.